The molecule has 0 aliphatic carbocycles. The first-order valence-electron chi connectivity index (χ1n) is 4.89. The van der Waals surface area contributed by atoms with E-state index in [1.165, 1.54) is 5.69 Å². The van der Waals surface area contributed by atoms with Gasteiger partial charge in [0.05, 0.1) is 0 Å². The SMILES string of the molecule is Cn1nccc1CCn1ccc(=O)cc1. The van der Waals surface area contributed by atoms with Crippen LogP contribution < -0.4 is 5.43 Å². The van der Waals surface area contributed by atoms with E-state index in [1.54, 1.807) is 30.7 Å². The number of hydrogen-bond acceptors (Lipinski definition) is 2. The van der Waals surface area contributed by atoms with Gasteiger partial charge in [-0.05, 0) is 6.07 Å². The fourth-order valence-corrected chi connectivity index (χ4v) is 1.48. The molecule has 15 heavy (non-hydrogen) atoms. The Labute approximate surface area is 87.8 Å². The predicted octanol–water partition coefficient (Wildman–Crippen LogP) is 0.825. The Kier molecular flexibility index (Phi) is 2.67. The lowest BCUT2D eigenvalue weighted by atomic mass is 10.3. The van der Waals surface area contributed by atoms with Crippen LogP contribution in [0, 0.1) is 0 Å². The highest BCUT2D eigenvalue weighted by Gasteiger charge is 1.97. The summed E-state index contributed by atoms with van der Waals surface area (Å²) in [5.74, 6) is 0. The number of pyridine rings is 1. The summed E-state index contributed by atoms with van der Waals surface area (Å²) < 4.78 is 3.86. The van der Waals surface area contributed by atoms with Gasteiger partial charge in [-0.1, -0.05) is 0 Å². The second kappa shape index (κ2) is 4.13. The molecular formula is C11H13N3O. The van der Waals surface area contributed by atoms with Gasteiger partial charge < -0.3 is 4.57 Å². The van der Waals surface area contributed by atoms with Crippen LogP contribution in [0.1, 0.15) is 5.69 Å². The zero-order valence-corrected chi connectivity index (χ0v) is 8.63. The standard InChI is InChI=1S/C11H13N3O/c1-13-10(2-6-12-13)3-7-14-8-4-11(15)5-9-14/h2,4-6,8-9H,3,7H2,1H3. The molecule has 0 spiro atoms. The molecule has 0 aromatic carbocycles. The van der Waals surface area contributed by atoms with E-state index in [0.29, 0.717) is 0 Å². The van der Waals surface area contributed by atoms with Crippen LogP contribution in [0.25, 0.3) is 0 Å². The van der Waals surface area contributed by atoms with Gasteiger partial charge in [-0.25, -0.2) is 0 Å². The van der Waals surface area contributed by atoms with Gasteiger partial charge in [0, 0.05) is 56.4 Å². The first kappa shape index (κ1) is 9.71. The summed E-state index contributed by atoms with van der Waals surface area (Å²) in [6, 6.07) is 5.15. The fraction of sp³-hybridized carbons (Fsp3) is 0.273. The molecule has 2 heterocycles. The average molecular weight is 203 g/mol. The molecule has 0 saturated heterocycles. The van der Waals surface area contributed by atoms with Crippen molar-refractivity contribution in [3.05, 3.63) is 52.7 Å². The lowest BCUT2D eigenvalue weighted by Crippen LogP contribution is -2.07. The predicted molar refractivity (Wildman–Crippen MR) is 57.6 cm³/mol. The Morgan fingerprint density at radius 1 is 1.27 bits per heavy atom. The number of aryl methyl sites for hydroxylation is 3. The Balaban J connectivity index is 2.02. The third-order valence-corrected chi connectivity index (χ3v) is 2.41. The van der Waals surface area contributed by atoms with Crippen LogP contribution >= 0.6 is 0 Å². The normalized spacial score (nSPS) is 10.5. The summed E-state index contributed by atoms with van der Waals surface area (Å²) in [7, 11) is 1.93. The molecule has 2 aromatic rings. The first-order chi connectivity index (χ1) is 7.25. The van der Waals surface area contributed by atoms with Gasteiger partial charge in [0.2, 0.25) is 0 Å². The Morgan fingerprint density at radius 2 is 2.00 bits per heavy atom. The molecule has 0 atom stereocenters. The van der Waals surface area contributed by atoms with Crippen LogP contribution in [0.5, 0.6) is 0 Å². The minimum atomic E-state index is 0.0479. The zero-order chi connectivity index (χ0) is 10.7. The first-order valence-corrected chi connectivity index (χ1v) is 4.89. The summed E-state index contributed by atoms with van der Waals surface area (Å²) in [6.45, 7) is 0.861. The largest absolute Gasteiger partial charge is 0.354 e. The fourth-order valence-electron chi connectivity index (χ4n) is 1.48. The Hall–Kier alpha value is -1.84. The van der Waals surface area contributed by atoms with Gasteiger partial charge in [-0.3, -0.25) is 9.48 Å². The Bertz CT molecular complexity index is 478. The summed E-state index contributed by atoms with van der Waals surface area (Å²) in [5.41, 5.74) is 1.24. The molecular weight excluding hydrogens is 190 g/mol. The minimum absolute atomic E-state index is 0.0479. The monoisotopic (exact) mass is 203 g/mol. The molecule has 0 bridgehead atoms. The van der Waals surface area contributed by atoms with E-state index in [9.17, 15) is 4.79 Å². The highest BCUT2D eigenvalue weighted by atomic mass is 16.1. The maximum atomic E-state index is 10.9. The number of aromatic nitrogens is 3. The minimum Gasteiger partial charge on any atom is -0.354 e. The van der Waals surface area contributed by atoms with Crippen LogP contribution in [0.4, 0.5) is 0 Å². The van der Waals surface area contributed by atoms with Gasteiger partial charge in [-0.15, -0.1) is 0 Å². The van der Waals surface area contributed by atoms with Gasteiger partial charge >= 0.3 is 0 Å². The van der Waals surface area contributed by atoms with Crippen molar-refractivity contribution in [3.8, 4) is 0 Å². The van der Waals surface area contributed by atoms with Crippen LogP contribution in [-0.4, -0.2) is 14.3 Å². The van der Waals surface area contributed by atoms with Gasteiger partial charge in [0.15, 0.2) is 5.43 Å². The van der Waals surface area contributed by atoms with E-state index in [-0.39, 0.29) is 5.43 Å². The Morgan fingerprint density at radius 3 is 2.60 bits per heavy atom. The highest BCUT2D eigenvalue weighted by molar-refractivity contribution is 5.00. The maximum Gasteiger partial charge on any atom is 0.181 e. The van der Waals surface area contributed by atoms with E-state index in [4.69, 9.17) is 0 Å². The molecule has 0 N–H and O–H groups in total. The van der Waals surface area contributed by atoms with E-state index < -0.39 is 0 Å². The lowest BCUT2D eigenvalue weighted by Gasteiger charge is -2.05. The van der Waals surface area contributed by atoms with Gasteiger partial charge in [0.25, 0.3) is 0 Å². The number of hydrogen-bond donors (Lipinski definition) is 0. The molecule has 0 radical (unpaired) electrons. The van der Waals surface area contributed by atoms with Crippen molar-refractivity contribution in [3.63, 3.8) is 0 Å². The molecule has 2 aromatic heterocycles. The van der Waals surface area contributed by atoms with Crippen molar-refractivity contribution in [2.45, 2.75) is 13.0 Å². The second-order valence-corrected chi connectivity index (χ2v) is 3.47. The molecule has 0 amide bonds. The molecule has 0 saturated carbocycles. The van der Waals surface area contributed by atoms with Crippen LogP contribution in [0.3, 0.4) is 0 Å². The molecule has 0 aliphatic heterocycles. The summed E-state index contributed by atoms with van der Waals surface area (Å²) in [6.07, 6.45) is 6.32. The maximum absolute atomic E-state index is 10.9. The van der Waals surface area contributed by atoms with Crippen molar-refractivity contribution >= 4 is 0 Å². The topological polar surface area (TPSA) is 39.8 Å². The third kappa shape index (κ3) is 2.34. The molecule has 0 unspecified atom stereocenters. The van der Waals surface area contributed by atoms with Crippen molar-refractivity contribution < 1.29 is 0 Å². The van der Waals surface area contributed by atoms with Crippen molar-refractivity contribution in [2.75, 3.05) is 0 Å². The van der Waals surface area contributed by atoms with Crippen molar-refractivity contribution in [2.24, 2.45) is 7.05 Å². The van der Waals surface area contributed by atoms with E-state index in [0.717, 1.165) is 13.0 Å². The van der Waals surface area contributed by atoms with Crippen LogP contribution in [-0.2, 0) is 20.0 Å². The summed E-state index contributed by atoms with van der Waals surface area (Å²) in [5, 5.41) is 4.10. The quantitative estimate of drug-likeness (QED) is 0.741. The van der Waals surface area contributed by atoms with Crippen molar-refractivity contribution in [1.29, 1.82) is 0 Å². The van der Waals surface area contributed by atoms with Crippen LogP contribution in [0.2, 0.25) is 0 Å². The van der Waals surface area contributed by atoms with E-state index in [2.05, 4.69) is 5.10 Å². The van der Waals surface area contributed by atoms with Gasteiger partial charge in [-0.2, -0.15) is 5.10 Å². The van der Waals surface area contributed by atoms with Gasteiger partial charge in [0.1, 0.15) is 0 Å². The van der Waals surface area contributed by atoms with E-state index >= 15 is 0 Å². The second-order valence-electron chi connectivity index (χ2n) is 3.47. The molecule has 2 rings (SSSR count). The molecule has 4 heteroatoms. The lowest BCUT2D eigenvalue weighted by molar-refractivity contribution is 0.634. The summed E-state index contributed by atoms with van der Waals surface area (Å²) in [4.78, 5) is 10.9. The molecule has 0 fully saturated rings. The third-order valence-electron chi connectivity index (χ3n) is 2.41. The zero-order valence-electron chi connectivity index (χ0n) is 8.63. The van der Waals surface area contributed by atoms with Crippen molar-refractivity contribution in [1.82, 2.24) is 14.3 Å². The molecule has 4 nitrogen and oxygen atoms in total. The average Bonchev–Trinajstić information content (AvgIpc) is 2.63. The van der Waals surface area contributed by atoms with E-state index in [1.807, 2.05) is 22.4 Å². The smallest absolute Gasteiger partial charge is 0.181 e. The number of rotatable bonds is 3. The molecule has 0 aliphatic rings. The highest BCUT2D eigenvalue weighted by Crippen LogP contribution is 1.99. The molecule has 78 valence electrons. The number of nitrogens with zero attached hydrogens (tertiary/aromatic N) is 3. The van der Waals surface area contributed by atoms with Crippen LogP contribution in [0.15, 0.2) is 41.6 Å². The summed E-state index contributed by atoms with van der Waals surface area (Å²) >= 11 is 0.